The van der Waals surface area contributed by atoms with Crippen molar-refractivity contribution in [2.24, 2.45) is 0 Å². The fourth-order valence-corrected chi connectivity index (χ4v) is 4.00. The van der Waals surface area contributed by atoms with Crippen molar-refractivity contribution in [3.05, 3.63) is 65.2 Å². The van der Waals surface area contributed by atoms with Crippen LogP contribution in [0.25, 0.3) is 0 Å². The molecule has 0 aliphatic carbocycles. The molecule has 0 saturated heterocycles. The number of benzene rings is 2. The number of ether oxygens (including phenoxy) is 1. The van der Waals surface area contributed by atoms with Gasteiger partial charge < -0.3 is 4.74 Å². The van der Waals surface area contributed by atoms with Crippen LogP contribution in [0.1, 0.15) is 26.3 Å². The van der Waals surface area contributed by atoms with Crippen molar-refractivity contribution < 1.29 is 22.7 Å². The van der Waals surface area contributed by atoms with Crippen molar-refractivity contribution in [3.63, 3.8) is 0 Å². The molecule has 0 radical (unpaired) electrons. The third-order valence-corrected chi connectivity index (χ3v) is 5.57. The number of hydrogen-bond donors (Lipinski definition) is 0. The molecule has 1 heterocycles. The summed E-state index contributed by atoms with van der Waals surface area (Å²) in [6, 6.07) is 12.8. The summed E-state index contributed by atoms with van der Waals surface area (Å²) >= 11 is 0. The molecule has 6 nitrogen and oxygen atoms in total. The third kappa shape index (κ3) is 2.78. The van der Waals surface area contributed by atoms with Crippen molar-refractivity contribution in [2.75, 3.05) is 13.2 Å². The Bertz CT molecular complexity index is 903. The Labute approximate surface area is 139 Å². The van der Waals surface area contributed by atoms with Gasteiger partial charge >= 0.3 is 5.97 Å². The van der Waals surface area contributed by atoms with E-state index in [2.05, 4.69) is 0 Å². The molecule has 0 saturated carbocycles. The molecule has 0 unspecified atom stereocenters. The molecule has 1 aliphatic rings. The minimum Gasteiger partial charge on any atom is -0.460 e. The highest BCUT2D eigenvalue weighted by Gasteiger charge is 2.40. The van der Waals surface area contributed by atoms with E-state index in [1.165, 1.54) is 12.1 Å². The zero-order chi connectivity index (χ0) is 17.3. The summed E-state index contributed by atoms with van der Waals surface area (Å²) in [6.45, 7) is 1.48. The first-order valence-electron chi connectivity index (χ1n) is 7.31. The molecule has 1 amide bonds. The average molecular weight is 345 g/mol. The number of aryl methyl sites for hydroxylation is 1. The molecule has 0 bridgehead atoms. The van der Waals surface area contributed by atoms with E-state index < -0.39 is 21.9 Å². The number of carbonyl (C=O) groups excluding carboxylic acids is 2. The Morgan fingerprint density at radius 1 is 1.08 bits per heavy atom. The fraction of sp³-hybridized carbons (Fsp3) is 0.176. The lowest BCUT2D eigenvalue weighted by molar-refractivity contribution is 0.0477. The molecule has 124 valence electrons. The number of amides is 1. The maximum Gasteiger partial charge on any atom is 0.338 e. The maximum atomic E-state index is 12.3. The fourth-order valence-electron chi connectivity index (χ4n) is 2.45. The lowest BCUT2D eigenvalue weighted by Gasteiger charge is -2.15. The van der Waals surface area contributed by atoms with E-state index in [-0.39, 0.29) is 23.6 Å². The van der Waals surface area contributed by atoms with Crippen LogP contribution in [0, 0.1) is 6.92 Å². The highest BCUT2D eigenvalue weighted by Crippen LogP contribution is 2.29. The maximum absolute atomic E-state index is 12.3. The minimum atomic E-state index is -3.87. The monoisotopic (exact) mass is 345 g/mol. The summed E-state index contributed by atoms with van der Waals surface area (Å²) in [4.78, 5) is 24.1. The zero-order valence-electron chi connectivity index (χ0n) is 12.9. The van der Waals surface area contributed by atoms with Gasteiger partial charge in [-0.15, -0.1) is 0 Å². The van der Waals surface area contributed by atoms with E-state index in [0.717, 1.165) is 9.87 Å². The molecule has 0 fully saturated rings. The second-order valence-corrected chi connectivity index (χ2v) is 7.21. The lowest BCUT2D eigenvalue weighted by atomic mass is 10.1. The zero-order valence-corrected chi connectivity index (χ0v) is 13.7. The molecule has 1 aliphatic heterocycles. The summed E-state index contributed by atoms with van der Waals surface area (Å²) in [5.74, 6) is -1.16. The third-order valence-electron chi connectivity index (χ3n) is 3.73. The Morgan fingerprint density at radius 2 is 1.75 bits per heavy atom. The molecule has 3 rings (SSSR count). The van der Waals surface area contributed by atoms with E-state index >= 15 is 0 Å². The van der Waals surface area contributed by atoms with Crippen molar-refractivity contribution in [3.8, 4) is 0 Å². The predicted octanol–water partition coefficient (Wildman–Crippen LogP) is 2.00. The molecule has 0 aromatic heterocycles. The van der Waals surface area contributed by atoms with Crippen LogP contribution in [0.5, 0.6) is 0 Å². The molecule has 0 spiro atoms. The van der Waals surface area contributed by atoms with Gasteiger partial charge in [0.2, 0.25) is 0 Å². The lowest BCUT2D eigenvalue weighted by Crippen LogP contribution is -2.33. The Balaban J connectivity index is 1.67. The topological polar surface area (TPSA) is 80.8 Å². The van der Waals surface area contributed by atoms with Crippen molar-refractivity contribution in [1.82, 2.24) is 4.31 Å². The Morgan fingerprint density at radius 3 is 2.42 bits per heavy atom. The van der Waals surface area contributed by atoms with Gasteiger partial charge in [-0.05, 0) is 31.2 Å². The molecule has 24 heavy (non-hydrogen) atoms. The number of esters is 1. The Kier molecular flexibility index (Phi) is 4.11. The van der Waals surface area contributed by atoms with E-state index in [1.54, 1.807) is 36.4 Å². The number of rotatable bonds is 4. The quantitative estimate of drug-likeness (QED) is 0.792. The first-order valence-corrected chi connectivity index (χ1v) is 8.75. The van der Waals surface area contributed by atoms with Crippen LogP contribution in [-0.4, -0.2) is 37.8 Å². The van der Waals surface area contributed by atoms with Gasteiger partial charge in [0.25, 0.3) is 15.9 Å². The van der Waals surface area contributed by atoms with E-state index in [9.17, 15) is 18.0 Å². The highest BCUT2D eigenvalue weighted by molar-refractivity contribution is 7.90. The molecule has 0 N–H and O–H groups in total. The van der Waals surface area contributed by atoms with Crippen LogP contribution in [-0.2, 0) is 14.8 Å². The van der Waals surface area contributed by atoms with Crippen LogP contribution in [0.4, 0.5) is 0 Å². The number of carbonyl (C=O) groups is 2. The van der Waals surface area contributed by atoms with E-state index in [1.807, 2.05) is 6.92 Å². The van der Waals surface area contributed by atoms with E-state index in [0.29, 0.717) is 5.56 Å². The van der Waals surface area contributed by atoms with Gasteiger partial charge in [-0.2, -0.15) is 0 Å². The van der Waals surface area contributed by atoms with Crippen LogP contribution in [0.2, 0.25) is 0 Å². The standard InChI is InChI=1S/C17H15NO5S/c1-12-6-8-13(9-7-12)17(20)23-11-10-18-16(19)14-4-2-3-5-15(14)24(18,21)22/h2-9H,10-11H2,1H3. The summed E-state index contributed by atoms with van der Waals surface area (Å²) in [7, 11) is -3.87. The largest absolute Gasteiger partial charge is 0.460 e. The normalized spacial score (nSPS) is 15.2. The minimum absolute atomic E-state index is 0.0140. The van der Waals surface area contributed by atoms with Crippen molar-refractivity contribution in [2.45, 2.75) is 11.8 Å². The SMILES string of the molecule is Cc1ccc(C(=O)OCCN2C(=O)c3ccccc3S2(=O)=O)cc1. The summed E-state index contributed by atoms with van der Waals surface area (Å²) in [6.07, 6.45) is 0. The van der Waals surface area contributed by atoms with Gasteiger partial charge in [0.1, 0.15) is 11.5 Å². The first kappa shape index (κ1) is 16.2. The number of fused-ring (bicyclic) bond motifs is 1. The molecular formula is C17H15NO5S. The number of nitrogens with zero attached hydrogens (tertiary/aromatic N) is 1. The summed E-state index contributed by atoms with van der Waals surface area (Å²) in [5, 5.41) is 0. The van der Waals surface area contributed by atoms with Gasteiger partial charge in [0, 0.05) is 0 Å². The van der Waals surface area contributed by atoms with Gasteiger partial charge in [-0.25, -0.2) is 17.5 Å². The van der Waals surface area contributed by atoms with Crippen molar-refractivity contribution in [1.29, 1.82) is 0 Å². The molecule has 2 aromatic rings. The van der Waals surface area contributed by atoms with Gasteiger partial charge in [0.15, 0.2) is 0 Å². The molecular weight excluding hydrogens is 330 g/mol. The average Bonchev–Trinajstić information content (AvgIpc) is 2.76. The van der Waals surface area contributed by atoms with Gasteiger partial charge in [-0.3, -0.25) is 4.79 Å². The van der Waals surface area contributed by atoms with E-state index in [4.69, 9.17) is 4.74 Å². The summed E-state index contributed by atoms with van der Waals surface area (Å²) in [5.41, 5.74) is 1.53. The second kappa shape index (κ2) is 6.09. The first-order chi connectivity index (χ1) is 11.4. The Hall–Kier alpha value is -2.67. The summed E-state index contributed by atoms with van der Waals surface area (Å²) < 4.78 is 30.5. The van der Waals surface area contributed by atoms with Crippen LogP contribution in [0.3, 0.4) is 0 Å². The molecule has 7 heteroatoms. The predicted molar refractivity (Wildman–Crippen MR) is 86.1 cm³/mol. The van der Waals surface area contributed by atoms with Gasteiger partial charge in [-0.1, -0.05) is 29.8 Å². The second-order valence-electron chi connectivity index (χ2n) is 5.38. The number of sulfonamides is 1. The van der Waals surface area contributed by atoms with Crippen molar-refractivity contribution >= 4 is 21.9 Å². The van der Waals surface area contributed by atoms with Crippen LogP contribution >= 0.6 is 0 Å². The highest BCUT2D eigenvalue weighted by atomic mass is 32.2. The van der Waals surface area contributed by atoms with Crippen LogP contribution < -0.4 is 0 Å². The molecule has 2 aromatic carbocycles. The van der Waals surface area contributed by atoms with Gasteiger partial charge in [0.05, 0.1) is 17.7 Å². The molecule has 0 atom stereocenters. The smallest absolute Gasteiger partial charge is 0.338 e. The number of hydrogen-bond acceptors (Lipinski definition) is 5. The van der Waals surface area contributed by atoms with Crippen LogP contribution in [0.15, 0.2) is 53.4 Å².